The first kappa shape index (κ1) is 14.7. The fraction of sp³-hybridized carbons (Fsp3) is 0.824. The van der Waals surface area contributed by atoms with Crippen LogP contribution in [0.3, 0.4) is 0 Å². The number of epoxide rings is 1. The molecule has 0 aromatic rings. The maximum absolute atomic E-state index is 11.4. The number of allylic oxidation sites excluding steroid dienone is 1. The summed E-state index contributed by atoms with van der Waals surface area (Å²) in [5.41, 5.74) is 0.346. The van der Waals surface area contributed by atoms with E-state index in [1.165, 1.54) is 12.5 Å². The molecule has 1 N–H and O–H groups in total. The van der Waals surface area contributed by atoms with Gasteiger partial charge in [-0.2, -0.15) is 0 Å². The predicted octanol–water partition coefficient (Wildman–Crippen LogP) is 1.58. The molecule has 1 spiro atoms. The molecule has 2 heterocycles. The SMILES string of the molecule is CC(=O)OC[C@]12CCC(C)=C[C@H]1OC1C(O)C[C@@]2(C)[C@]12CO2. The van der Waals surface area contributed by atoms with Gasteiger partial charge in [0.25, 0.3) is 0 Å². The van der Waals surface area contributed by atoms with Crippen LogP contribution in [0.4, 0.5) is 0 Å². The van der Waals surface area contributed by atoms with Gasteiger partial charge in [0.2, 0.25) is 0 Å². The molecule has 5 heteroatoms. The van der Waals surface area contributed by atoms with Crippen molar-refractivity contribution >= 4 is 5.97 Å². The first-order valence-electron chi connectivity index (χ1n) is 8.13. The number of esters is 1. The lowest BCUT2D eigenvalue weighted by Gasteiger charge is -2.57. The fourth-order valence-corrected chi connectivity index (χ4v) is 5.23. The number of carbonyl (C=O) groups is 1. The van der Waals surface area contributed by atoms with E-state index in [-0.39, 0.29) is 29.0 Å². The Bertz CT molecular complexity index is 551. The second-order valence-electron chi connectivity index (χ2n) is 7.71. The number of fused-ring (bicyclic) bond motifs is 2. The van der Waals surface area contributed by atoms with Crippen LogP contribution in [0.1, 0.15) is 40.0 Å². The zero-order valence-electron chi connectivity index (χ0n) is 13.4. The molecule has 0 aromatic carbocycles. The van der Waals surface area contributed by atoms with Crippen LogP contribution in [0.25, 0.3) is 0 Å². The van der Waals surface area contributed by atoms with E-state index in [2.05, 4.69) is 19.9 Å². The Labute approximate surface area is 130 Å². The van der Waals surface area contributed by atoms with Crippen molar-refractivity contribution < 1.29 is 24.1 Å². The predicted molar refractivity (Wildman–Crippen MR) is 78.1 cm³/mol. The second-order valence-corrected chi connectivity index (χ2v) is 7.71. The van der Waals surface area contributed by atoms with E-state index >= 15 is 0 Å². The number of hydrogen-bond donors (Lipinski definition) is 1. The van der Waals surface area contributed by atoms with Crippen molar-refractivity contribution in [3.05, 3.63) is 11.6 Å². The van der Waals surface area contributed by atoms with Gasteiger partial charge in [0.15, 0.2) is 0 Å². The monoisotopic (exact) mass is 308 g/mol. The smallest absolute Gasteiger partial charge is 0.302 e. The first-order chi connectivity index (χ1) is 10.3. The van der Waals surface area contributed by atoms with Gasteiger partial charge < -0.3 is 19.3 Å². The van der Waals surface area contributed by atoms with Gasteiger partial charge in [-0.3, -0.25) is 4.79 Å². The van der Waals surface area contributed by atoms with Crippen molar-refractivity contribution in [1.82, 2.24) is 0 Å². The minimum atomic E-state index is -0.513. The largest absolute Gasteiger partial charge is 0.465 e. The van der Waals surface area contributed by atoms with Crippen LogP contribution in [0, 0.1) is 10.8 Å². The Morgan fingerprint density at radius 1 is 1.55 bits per heavy atom. The molecule has 0 aromatic heterocycles. The summed E-state index contributed by atoms with van der Waals surface area (Å²) in [6.45, 7) is 6.70. The minimum Gasteiger partial charge on any atom is -0.465 e. The van der Waals surface area contributed by atoms with Crippen LogP contribution in [-0.4, -0.2) is 48.2 Å². The van der Waals surface area contributed by atoms with E-state index in [9.17, 15) is 9.90 Å². The lowest BCUT2D eigenvalue weighted by Crippen LogP contribution is -2.64. The van der Waals surface area contributed by atoms with Gasteiger partial charge in [-0.15, -0.1) is 0 Å². The fourth-order valence-electron chi connectivity index (χ4n) is 5.23. The summed E-state index contributed by atoms with van der Waals surface area (Å²) in [6.07, 6.45) is 3.76. The minimum absolute atomic E-state index is 0.123. The summed E-state index contributed by atoms with van der Waals surface area (Å²) in [5, 5.41) is 10.5. The molecule has 2 aliphatic carbocycles. The van der Waals surface area contributed by atoms with E-state index in [4.69, 9.17) is 14.2 Å². The molecule has 2 aliphatic heterocycles. The van der Waals surface area contributed by atoms with Crippen molar-refractivity contribution in [2.24, 2.45) is 10.8 Å². The Balaban J connectivity index is 1.80. The molecule has 2 saturated heterocycles. The number of rotatable bonds is 2. The molecular formula is C17H24O5. The number of ether oxygens (including phenoxy) is 3. The van der Waals surface area contributed by atoms with Gasteiger partial charge >= 0.3 is 5.97 Å². The van der Waals surface area contributed by atoms with E-state index in [1.807, 2.05) is 0 Å². The van der Waals surface area contributed by atoms with Crippen LogP contribution in [0.5, 0.6) is 0 Å². The standard InChI is InChI=1S/C17H24O5/c1-10-4-5-16(8-20-11(2)18)13(6-10)22-14-12(19)7-15(16,3)17(14)9-21-17/h6,12-14,19H,4-5,7-9H2,1-3H3/t12?,13-,14?,15-,16-,17+/m1/s1. The Hall–Kier alpha value is -0.910. The quantitative estimate of drug-likeness (QED) is 0.476. The number of hydrogen-bond acceptors (Lipinski definition) is 5. The summed E-state index contributed by atoms with van der Waals surface area (Å²) in [5.74, 6) is -0.269. The molecule has 0 amide bonds. The lowest BCUT2D eigenvalue weighted by atomic mass is 9.52. The first-order valence-corrected chi connectivity index (χ1v) is 8.13. The lowest BCUT2D eigenvalue weighted by molar-refractivity contribution is -0.221. The highest BCUT2D eigenvalue weighted by atomic mass is 16.6. The Kier molecular flexibility index (Phi) is 2.89. The van der Waals surface area contributed by atoms with Gasteiger partial charge in [-0.25, -0.2) is 0 Å². The summed E-state index contributed by atoms with van der Waals surface area (Å²) in [4.78, 5) is 11.4. The number of aliphatic hydroxyl groups excluding tert-OH is 1. The maximum atomic E-state index is 11.4. The third-order valence-electron chi connectivity index (χ3n) is 6.69. The highest BCUT2D eigenvalue weighted by molar-refractivity contribution is 5.66. The molecule has 0 radical (unpaired) electrons. The molecule has 5 nitrogen and oxygen atoms in total. The molecule has 1 saturated carbocycles. The zero-order valence-corrected chi connectivity index (χ0v) is 13.4. The molecule has 2 bridgehead atoms. The molecule has 3 fully saturated rings. The van der Waals surface area contributed by atoms with Gasteiger partial charge in [0.05, 0.1) is 18.8 Å². The van der Waals surface area contributed by atoms with Crippen LogP contribution < -0.4 is 0 Å². The highest BCUT2D eigenvalue weighted by Crippen LogP contribution is 2.71. The van der Waals surface area contributed by atoms with Crippen molar-refractivity contribution in [2.45, 2.75) is 63.9 Å². The molecular weight excluding hydrogens is 284 g/mol. The number of carbonyl (C=O) groups excluding carboxylic acids is 1. The normalized spacial score (nSPS) is 52.2. The van der Waals surface area contributed by atoms with E-state index in [0.717, 1.165) is 12.8 Å². The topological polar surface area (TPSA) is 68.3 Å². The number of aliphatic hydroxyl groups is 1. The summed E-state index contributed by atoms with van der Waals surface area (Å²) < 4.78 is 17.6. The van der Waals surface area contributed by atoms with E-state index in [0.29, 0.717) is 19.6 Å². The average molecular weight is 308 g/mol. The Morgan fingerprint density at radius 2 is 2.27 bits per heavy atom. The van der Waals surface area contributed by atoms with E-state index in [1.54, 1.807) is 0 Å². The molecule has 4 rings (SSSR count). The van der Waals surface area contributed by atoms with Crippen LogP contribution in [0.15, 0.2) is 11.6 Å². The third kappa shape index (κ3) is 1.57. The van der Waals surface area contributed by atoms with Gasteiger partial charge in [0.1, 0.15) is 18.3 Å². The van der Waals surface area contributed by atoms with Gasteiger partial charge in [0, 0.05) is 17.8 Å². The van der Waals surface area contributed by atoms with Crippen molar-refractivity contribution in [3.63, 3.8) is 0 Å². The Morgan fingerprint density at radius 3 is 2.91 bits per heavy atom. The molecule has 122 valence electrons. The van der Waals surface area contributed by atoms with Crippen molar-refractivity contribution in [3.8, 4) is 0 Å². The summed E-state index contributed by atoms with van der Waals surface area (Å²) in [7, 11) is 0. The molecule has 22 heavy (non-hydrogen) atoms. The van der Waals surface area contributed by atoms with Crippen LogP contribution in [-0.2, 0) is 19.0 Å². The molecule has 2 unspecified atom stereocenters. The van der Waals surface area contributed by atoms with Crippen LogP contribution >= 0.6 is 0 Å². The van der Waals surface area contributed by atoms with Gasteiger partial charge in [-0.1, -0.05) is 18.6 Å². The highest BCUT2D eigenvalue weighted by Gasteiger charge is 2.81. The van der Waals surface area contributed by atoms with Crippen molar-refractivity contribution in [1.29, 1.82) is 0 Å². The second kappa shape index (κ2) is 4.34. The van der Waals surface area contributed by atoms with Crippen LogP contribution in [0.2, 0.25) is 0 Å². The van der Waals surface area contributed by atoms with E-state index < -0.39 is 11.7 Å². The van der Waals surface area contributed by atoms with Gasteiger partial charge in [-0.05, 0) is 26.2 Å². The molecule has 6 atom stereocenters. The summed E-state index contributed by atoms with van der Waals surface area (Å²) >= 11 is 0. The maximum Gasteiger partial charge on any atom is 0.302 e. The van der Waals surface area contributed by atoms with Crippen molar-refractivity contribution in [2.75, 3.05) is 13.2 Å². The average Bonchev–Trinajstić information content (AvgIpc) is 3.21. The third-order valence-corrected chi connectivity index (χ3v) is 6.69. The molecule has 4 aliphatic rings. The zero-order chi connectivity index (χ0) is 15.8. The summed E-state index contributed by atoms with van der Waals surface area (Å²) in [6, 6.07) is 0.